The van der Waals surface area contributed by atoms with Crippen LogP contribution in [0.15, 0.2) is 22.7 Å². The summed E-state index contributed by atoms with van der Waals surface area (Å²) in [6.45, 7) is 6.99. The topological polar surface area (TPSA) is 29.5 Å². The van der Waals surface area contributed by atoms with E-state index in [9.17, 15) is 9.18 Å². The maximum atomic E-state index is 13.4. The Balaban J connectivity index is 2.06. The first kappa shape index (κ1) is 16.4. The van der Waals surface area contributed by atoms with E-state index in [0.29, 0.717) is 11.0 Å². The van der Waals surface area contributed by atoms with Crippen LogP contribution in [0, 0.1) is 5.82 Å². The smallest absolute Gasteiger partial charge is 0.323 e. The SMILES string of the molecule is CC(C)(C)OC(=O)[C@H]1CCCN1Cc1cc(F)cc(Br)c1. The summed E-state index contributed by atoms with van der Waals surface area (Å²) >= 11 is 3.30. The Morgan fingerprint density at radius 1 is 1.43 bits per heavy atom. The number of esters is 1. The van der Waals surface area contributed by atoms with E-state index in [1.54, 1.807) is 0 Å². The molecular formula is C16H21BrFNO2. The third-order valence-corrected chi connectivity index (χ3v) is 3.81. The lowest BCUT2D eigenvalue weighted by Gasteiger charge is -2.27. The van der Waals surface area contributed by atoms with Gasteiger partial charge >= 0.3 is 5.97 Å². The summed E-state index contributed by atoms with van der Waals surface area (Å²) in [6, 6.07) is 4.59. The molecule has 1 aromatic rings. The quantitative estimate of drug-likeness (QED) is 0.768. The van der Waals surface area contributed by atoms with Gasteiger partial charge in [-0.25, -0.2) is 4.39 Å². The van der Waals surface area contributed by atoms with Crippen LogP contribution in [0.4, 0.5) is 4.39 Å². The van der Waals surface area contributed by atoms with Crippen molar-refractivity contribution < 1.29 is 13.9 Å². The first-order valence-corrected chi connectivity index (χ1v) is 7.96. The van der Waals surface area contributed by atoms with Crippen LogP contribution in [0.25, 0.3) is 0 Å². The number of rotatable bonds is 3. The fraction of sp³-hybridized carbons (Fsp3) is 0.562. The van der Waals surface area contributed by atoms with E-state index in [0.717, 1.165) is 24.9 Å². The predicted octanol–water partition coefficient (Wildman–Crippen LogP) is 3.89. The maximum absolute atomic E-state index is 13.4. The monoisotopic (exact) mass is 357 g/mol. The zero-order chi connectivity index (χ0) is 15.6. The first-order valence-electron chi connectivity index (χ1n) is 7.16. The Morgan fingerprint density at radius 2 is 2.14 bits per heavy atom. The van der Waals surface area contributed by atoms with Crippen LogP contribution < -0.4 is 0 Å². The molecule has 0 saturated carbocycles. The van der Waals surface area contributed by atoms with Crippen molar-refractivity contribution in [2.45, 2.75) is 51.8 Å². The molecule has 0 spiro atoms. The van der Waals surface area contributed by atoms with Crippen molar-refractivity contribution in [2.75, 3.05) is 6.54 Å². The Labute approximate surface area is 133 Å². The van der Waals surface area contributed by atoms with Gasteiger partial charge in [-0.1, -0.05) is 15.9 Å². The van der Waals surface area contributed by atoms with Gasteiger partial charge in [0.2, 0.25) is 0 Å². The van der Waals surface area contributed by atoms with E-state index < -0.39 is 5.60 Å². The summed E-state index contributed by atoms with van der Waals surface area (Å²) in [6.07, 6.45) is 1.76. The van der Waals surface area contributed by atoms with Gasteiger partial charge in [-0.05, 0) is 63.9 Å². The molecule has 0 aromatic heterocycles. The number of hydrogen-bond donors (Lipinski definition) is 0. The Bertz CT molecular complexity index is 507. The second-order valence-corrected chi connectivity index (χ2v) is 7.36. The molecule has 1 aliphatic rings. The minimum Gasteiger partial charge on any atom is -0.459 e. The molecule has 1 heterocycles. The largest absolute Gasteiger partial charge is 0.459 e. The number of carbonyl (C=O) groups is 1. The summed E-state index contributed by atoms with van der Waals surface area (Å²) in [4.78, 5) is 14.3. The van der Waals surface area contributed by atoms with Crippen LogP contribution >= 0.6 is 15.9 Å². The fourth-order valence-electron chi connectivity index (χ4n) is 2.59. The van der Waals surface area contributed by atoms with E-state index in [2.05, 4.69) is 20.8 Å². The lowest BCUT2D eigenvalue weighted by molar-refractivity contribution is -0.160. The molecule has 1 aliphatic heterocycles. The van der Waals surface area contributed by atoms with Gasteiger partial charge in [0, 0.05) is 11.0 Å². The average molecular weight is 358 g/mol. The highest BCUT2D eigenvalue weighted by Gasteiger charge is 2.34. The summed E-state index contributed by atoms with van der Waals surface area (Å²) in [5, 5.41) is 0. The second kappa shape index (κ2) is 6.44. The third-order valence-electron chi connectivity index (χ3n) is 3.35. The molecule has 2 rings (SSSR count). The molecule has 0 bridgehead atoms. The highest BCUT2D eigenvalue weighted by molar-refractivity contribution is 9.10. The highest BCUT2D eigenvalue weighted by atomic mass is 79.9. The molecule has 3 nitrogen and oxygen atoms in total. The highest BCUT2D eigenvalue weighted by Crippen LogP contribution is 2.24. The maximum Gasteiger partial charge on any atom is 0.323 e. The van der Waals surface area contributed by atoms with Gasteiger partial charge in [0.25, 0.3) is 0 Å². The van der Waals surface area contributed by atoms with E-state index in [-0.39, 0.29) is 17.8 Å². The number of benzene rings is 1. The van der Waals surface area contributed by atoms with Crippen molar-refractivity contribution in [2.24, 2.45) is 0 Å². The van der Waals surface area contributed by atoms with Crippen LogP contribution in [0.2, 0.25) is 0 Å². The number of carbonyl (C=O) groups excluding carboxylic acids is 1. The van der Waals surface area contributed by atoms with Gasteiger partial charge in [-0.2, -0.15) is 0 Å². The molecule has 0 N–H and O–H groups in total. The molecule has 116 valence electrons. The molecule has 1 atom stereocenters. The van der Waals surface area contributed by atoms with Crippen molar-refractivity contribution >= 4 is 21.9 Å². The Morgan fingerprint density at radius 3 is 2.76 bits per heavy atom. The third kappa shape index (κ3) is 4.78. The number of halogens is 2. The lowest BCUT2D eigenvalue weighted by atomic mass is 10.1. The van der Waals surface area contributed by atoms with Crippen molar-refractivity contribution in [1.82, 2.24) is 4.90 Å². The van der Waals surface area contributed by atoms with E-state index in [1.165, 1.54) is 12.1 Å². The van der Waals surface area contributed by atoms with Gasteiger partial charge in [0.05, 0.1) is 0 Å². The molecule has 0 unspecified atom stereocenters. The average Bonchev–Trinajstić information content (AvgIpc) is 2.73. The predicted molar refractivity (Wildman–Crippen MR) is 83.4 cm³/mol. The first-order chi connectivity index (χ1) is 9.74. The standard InChI is InChI=1S/C16H21BrFNO2/c1-16(2,3)21-15(20)14-5-4-6-19(14)10-11-7-12(17)9-13(18)8-11/h7-9,14H,4-6,10H2,1-3H3/t14-/m1/s1. The fourth-order valence-corrected chi connectivity index (χ4v) is 3.10. The Hall–Kier alpha value is -0.940. The number of likely N-dealkylation sites (tertiary alicyclic amines) is 1. The van der Waals surface area contributed by atoms with Gasteiger partial charge in [0.15, 0.2) is 0 Å². The molecule has 1 saturated heterocycles. The minimum absolute atomic E-state index is 0.185. The van der Waals surface area contributed by atoms with Gasteiger partial charge < -0.3 is 4.74 Å². The normalized spacial score (nSPS) is 19.8. The second-order valence-electron chi connectivity index (χ2n) is 6.44. The summed E-state index contributed by atoms with van der Waals surface area (Å²) < 4.78 is 19.6. The molecule has 1 aromatic carbocycles. The van der Waals surface area contributed by atoms with E-state index in [1.807, 2.05) is 26.8 Å². The number of ether oxygens (including phenoxy) is 1. The van der Waals surface area contributed by atoms with Crippen LogP contribution in [0.5, 0.6) is 0 Å². The van der Waals surface area contributed by atoms with Crippen LogP contribution in [0.3, 0.4) is 0 Å². The molecule has 5 heteroatoms. The minimum atomic E-state index is -0.479. The molecular weight excluding hydrogens is 337 g/mol. The van der Waals surface area contributed by atoms with Crippen molar-refractivity contribution in [3.63, 3.8) is 0 Å². The van der Waals surface area contributed by atoms with Crippen molar-refractivity contribution in [3.05, 3.63) is 34.1 Å². The van der Waals surface area contributed by atoms with Gasteiger partial charge in [0.1, 0.15) is 17.5 Å². The molecule has 0 radical (unpaired) electrons. The van der Waals surface area contributed by atoms with Gasteiger partial charge in [-0.15, -0.1) is 0 Å². The molecule has 1 fully saturated rings. The Kier molecular flexibility index (Phi) is 5.04. The van der Waals surface area contributed by atoms with Crippen LogP contribution in [-0.4, -0.2) is 29.1 Å². The van der Waals surface area contributed by atoms with Gasteiger partial charge in [-0.3, -0.25) is 9.69 Å². The molecule has 21 heavy (non-hydrogen) atoms. The van der Waals surface area contributed by atoms with Crippen LogP contribution in [-0.2, 0) is 16.1 Å². The van der Waals surface area contributed by atoms with Crippen LogP contribution in [0.1, 0.15) is 39.2 Å². The zero-order valence-electron chi connectivity index (χ0n) is 12.7. The zero-order valence-corrected chi connectivity index (χ0v) is 14.2. The molecule has 0 aliphatic carbocycles. The van der Waals surface area contributed by atoms with E-state index in [4.69, 9.17) is 4.74 Å². The van der Waals surface area contributed by atoms with Crippen molar-refractivity contribution in [1.29, 1.82) is 0 Å². The summed E-state index contributed by atoms with van der Waals surface area (Å²) in [5.74, 6) is -0.456. The van der Waals surface area contributed by atoms with Crippen molar-refractivity contribution in [3.8, 4) is 0 Å². The number of nitrogens with zero attached hydrogens (tertiary/aromatic N) is 1. The van der Waals surface area contributed by atoms with E-state index >= 15 is 0 Å². The number of hydrogen-bond acceptors (Lipinski definition) is 3. The summed E-state index contributed by atoms with van der Waals surface area (Å²) in [5.41, 5.74) is 0.380. The lowest BCUT2D eigenvalue weighted by Crippen LogP contribution is -2.40. The summed E-state index contributed by atoms with van der Waals surface area (Å²) in [7, 11) is 0. The molecule has 0 amide bonds.